The molecule has 3 aliphatic rings. The molecule has 1 spiro atoms. The summed E-state index contributed by atoms with van der Waals surface area (Å²) in [5.41, 5.74) is 4.60. The van der Waals surface area contributed by atoms with Crippen molar-refractivity contribution in [1.82, 2.24) is 0 Å². The van der Waals surface area contributed by atoms with Gasteiger partial charge in [-0.2, -0.15) is 0 Å². The van der Waals surface area contributed by atoms with Gasteiger partial charge < -0.3 is 14.8 Å². The topological polar surface area (TPSA) is 47.6 Å². The summed E-state index contributed by atoms with van der Waals surface area (Å²) in [6.45, 7) is 1.55. The first-order valence-corrected chi connectivity index (χ1v) is 7.60. The van der Waals surface area contributed by atoms with Crippen molar-refractivity contribution in [2.45, 2.75) is 18.3 Å². The van der Waals surface area contributed by atoms with Gasteiger partial charge in [0.25, 0.3) is 0 Å². The largest absolute Gasteiger partial charge is 0.493 e. The molecule has 0 radical (unpaired) electrons. The Morgan fingerprint density at radius 3 is 2.95 bits per heavy atom. The zero-order valence-corrected chi connectivity index (χ0v) is 12.0. The summed E-state index contributed by atoms with van der Waals surface area (Å²) in [5.74, 6) is 1.31. The molecule has 0 amide bonds. The Hall–Kier alpha value is -2.49. The number of anilines is 1. The molecule has 0 aromatic heterocycles. The van der Waals surface area contributed by atoms with Crippen LogP contribution in [0.25, 0.3) is 0 Å². The van der Waals surface area contributed by atoms with E-state index in [4.69, 9.17) is 9.47 Å². The van der Waals surface area contributed by atoms with Gasteiger partial charge in [0.2, 0.25) is 0 Å². The number of hydrogen-bond donors (Lipinski definition) is 1. The Kier molecular flexibility index (Phi) is 2.22. The van der Waals surface area contributed by atoms with Crippen molar-refractivity contribution in [2.24, 2.45) is 0 Å². The number of esters is 1. The maximum atomic E-state index is 11.6. The third kappa shape index (κ3) is 1.44. The minimum Gasteiger partial charge on any atom is -0.493 e. The second-order valence-corrected chi connectivity index (χ2v) is 6.19. The summed E-state index contributed by atoms with van der Waals surface area (Å²) in [4.78, 5) is 11.6. The predicted molar refractivity (Wildman–Crippen MR) is 81.6 cm³/mol. The molecular formula is C18H15NO3. The van der Waals surface area contributed by atoms with Gasteiger partial charge in [-0.3, -0.25) is 4.79 Å². The molecule has 1 atom stereocenters. The minimum absolute atomic E-state index is 0.0646. The van der Waals surface area contributed by atoms with Gasteiger partial charge in [-0.1, -0.05) is 18.2 Å². The lowest BCUT2D eigenvalue weighted by Gasteiger charge is -2.36. The van der Waals surface area contributed by atoms with Crippen LogP contribution in [-0.4, -0.2) is 19.1 Å². The summed E-state index contributed by atoms with van der Waals surface area (Å²) in [5, 5.41) is 3.52. The van der Waals surface area contributed by atoms with Crippen LogP contribution < -0.4 is 14.8 Å². The molecular weight excluding hydrogens is 278 g/mol. The van der Waals surface area contributed by atoms with Gasteiger partial charge in [-0.25, -0.2) is 0 Å². The van der Waals surface area contributed by atoms with Crippen LogP contribution in [0.3, 0.4) is 0 Å². The first-order valence-electron chi connectivity index (χ1n) is 7.60. The molecule has 110 valence electrons. The molecule has 1 unspecified atom stereocenters. The van der Waals surface area contributed by atoms with E-state index in [-0.39, 0.29) is 11.4 Å². The monoisotopic (exact) mass is 293 g/mol. The molecule has 0 saturated heterocycles. The average molecular weight is 293 g/mol. The number of ether oxygens (including phenoxy) is 2. The van der Waals surface area contributed by atoms with Crippen molar-refractivity contribution in [3.05, 3.63) is 53.1 Å². The Bertz CT molecular complexity index is 814. The minimum atomic E-state index is -0.184. The van der Waals surface area contributed by atoms with Crippen LogP contribution in [0.4, 0.5) is 5.69 Å². The molecule has 3 heterocycles. The third-order valence-corrected chi connectivity index (χ3v) is 5.05. The van der Waals surface area contributed by atoms with E-state index < -0.39 is 0 Å². The first kappa shape index (κ1) is 12.1. The van der Waals surface area contributed by atoms with Crippen LogP contribution >= 0.6 is 0 Å². The molecule has 3 aliphatic heterocycles. The number of para-hydroxylation sites is 1. The quantitative estimate of drug-likeness (QED) is 0.599. The van der Waals surface area contributed by atoms with E-state index in [1.807, 2.05) is 6.07 Å². The highest BCUT2D eigenvalue weighted by molar-refractivity contribution is 5.82. The van der Waals surface area contributed by atoms with Crippen LogP contribution in [-0.2, 0) is 16.6 Å². The highest BCUT2D eigenvalue weighted by atomic mass is 16.5. The average Bonchev–Trinajstić information content (AvgIpc) is 3.07. The van der Waals surface area contributed by atoms with E-state index in [1.54, 1.807) is 0 Å². The SMILES string of the molecule is O=C1Cc2cc3c(cc2O1)OCCC31CNc2ccccc21. The van der Waals surface area contributed by atoms with Gasteiger partial charge in [0.05, 0.1) is 13.0 Å². The second kappa shape index (κ2) is 4.03. The maximum absolute atomic E-state index is 11.6. The zero-order chi connectivity index (χ0) is 14.7. The number of rotatable bonds is 0. The highest BCUT2D eigenvalue weighted by Crippen LogP contribution is 2.51. The Labute approximate surface area is 128 Å². The van der Waals surface area contributed by atoms with Crippen LogP contribution in [0.1, 0.15) is 23.1 Å². The third-order valence-electron chi connectivity index (χ3n) is 5.05. The van der Waals surface area contributed by atoms with Gasteiger partial charge in [0.1, 0.15) is 11.5 Å². The van der Waals surface area contributed by atoms with Crippen LogP contribution in [0.2, 0.25) is 0 Å². The van der Waals surface area contributed by atoms with E-state index in [1.165, 1.54) is 16.8 Å². The first-order chi connectivity index (χ1) is 10.8. The predicted octanol–water partition coefficient (Wildman–Crippen LogP) is 2.64. The van der Waals surface area contributed by atoms with Crippen LogP contribution in [0, 0.1) is 0 Å². The van der Waals surface area contributed by atoms with E-state index in [9.17, 15) is 4.79 Å². The second-order valence-electron chi connectivity index (χ2n) is 6.19. The maximum Gasteiger partial charge on any atom is 0.315 e. The molecule has 5 rings (SSSR count). The Morgan fingerprint density at radius 1 is 1.09 bits per heavy atom. The lowest BCUT2D eigenvalue weighted by molar-refractivity contribution is -0.131. The normalized spacial score (nSPS) is 24.1. The van der Waals surface area contributed by atoms with E-state index >= 15 is 0 Å². The van der Waals surface area contributed by atoms with Crippen molar-refractivity contribution in [3.8, 4) is 11.5 Å². The van der Waals surface area contributed by atoms with Gasteiger partial charge in [0, 0.05) is 34.8 Å². The molecule has 4 nitrogen and oxygen atoms in total. The van der Waals surface area contributed by atoms with Gasteiger partial charge in [-0.15, -0.1) is 0 Å². The van der Waals surface area contributed by atoms with Crippen LogP contribution in [0.5, 0.6) is 11.5 Å². The standard InChI is InChI=1S/C18H15NO3/c20-17-8-11-7-13-16(9-15(11)22-17)21-6-5-18(13)10-19-14-4-2-1-3-12(14)18/h1-4,7,9,19H,5-6,8,10H2. The van der Waals surface area contributed by atoms with Crippen molar-refractivity contribution in [2.75, 3.05) is 18.5 Å². The van der Waals surface area contributed by atoms with Crippen LogP contribution in [0.15, 0.2) is 36.4 Å². The Balaban J connectivity index is 1.74. The number of nitrogens with one attached hydrogen (secondary N) is 1. The van der Waals surface area contributed by atoms with E-state index in [0.29, 0.717) is 18.8 Å². The Morgan fingerprint density at radius 2 is 2.00 bits per heavy atom. The number of fused-ring (bicyclic) bond motifs is 5. The number of benzene rings is 2. The van der Waals surface area contributed by atoms with Gasteiger partial charge >= 0.3 is 5.97 Å². The smallest absolute Gasteiger partial charge is 0.315 e. The molecule has 1 N–H and O–H groups in total. The molecule has 22 heavy (non-hydrogen) atoms. The molecule has 2 aromatic rings. The number of carbonyl (C=O) groups is 1. The molecule has 2 aromatic carbocycles. The molecule has 0 bridgehead atoms. The summed E-state index contributed by atoms with van der Waals surface area (Å²) in [6, 6.07) is 12.5. The van der Waals surface area contributed by atoms with E-state index in [0.717, 1.165) is 24.3 Å². The number of hydrogen-bond acceptors (Lipinski definition) is 4. The lowest BCUT2D eigenvalue weighted by Crippen LogP contribution is -2.36. The summed E-state index contributed by atoms with van der Waals surface area (Å²) < 4.78 is 11.1. The molecule has 0 aliphatic carbocycles. The van der Waals surface area contributed by atoms with Gasteiger partial charge in [-0.05, 0) is 24.1 Å². The fourth-order valence-electron chi connectivity index (χ4n) is 3.98. The fraction of sp³-hybridized carbons (Fsp3) is 0.278. The molecule has 0 fully saturated rings. The lowest BCUT2D eigenvalue weighted by atomic mass is 9.72. The summed E-state index contributed by atoms with van der Waals surface area (Å²) in [6.07, 6.45) is 1.30. The summed E-state index contributed by atoms with van der Waals surface area (Å²) >= 11 is 0. The number of carbonyl (C=O) groups excluding carboxylic acids is 1. The zero-order valence-electron chi connectivity index (χ0n) is 12.0. The summed E-state index contributed by atoms with van der Waals surface area (Å²) in [7, 11) is 0. The molecule has 4 heteroatoms. The van der Waals surface area contributed by atoms with Crippen molar-refractivity contribution < 1.29 is 14.3 Å². The highest BCUT2D eigenvalue weighted by Gasteiger charge is 2.45. The van der Waals surface area contributed by atoms with E-state index in [2.05, 4.69) is 35.6 Å². The van der Waals surface area contributed by atoms with Gasteiger partial charge in [0.15, 0.2) is 0 Å². The fourth-order valence-corrected chi connectivity index (χ4v) is 3.98. The molecule has 0 saturated carbocycles. The van der Waals surface area contributed by atoms with Crippen molar-refractivity contribution >= 4 is 11.7 Å². The van der Waals surface area contributed by atoms with Crippen molar-refractivity contribution in [3.63, 3.8) is 0 Å². The van der Waals surface area contributed by atoms with Crippen molar-refractivity contribution in [1.29, 1.82) is 0 Å².